The summed E-state index contributed by atoms with van der Waals surface area (Å²) < 4.78 is 10.7. The lowest BCUT2D eigenvalue weighted by atomic mass is 10.1. The first-order valence-electron chi connectivity index (χ1n) is 9.51. The van der Waals surface area contributed by atoms with Gasteiger partial charge in [-0.05, 0) is 36.4 Å². The fraction of sp³-hybridized carbons (Fsp3) is 0.0417. The average Bonchev–Trinajstić information content (AvgIpc) is 3.21. The number of para-hydroxylation sites is 3. The highest BCUT2D eigenvalue weighted by Gasteiger charge is 2.13. The number of fused-ring (bicyclic) bond motifs is 1. The molecule has 0 aliphatic heterocycles. The van der Waals surface area contributed by atoms with Crippen LogP contribution < -0.4 is 15.4 Å². The number of nitrogens with zero attached hydrogens (tertiary/aromatic N) is 1. The SMILES string of the molecule is COc1cccc(NC(=O)c2ccccc2NC(=O)/C=C/c2nc3ccccc3o2)c1. The van der Waals surface area contributed by atoms with E-state index in [9.17, 15) is 9.59 Å². The van der Waals surface area contributed by atoms with E-state index in [1.807, 2.05) is 18.2 Å². The van der Waals surface area contributed by atoms with Crippen molar-refractivity contribution < 1.29 is 18.7 Å². The van der Waals surface area contributed by atoms with Crippen LogP contribution in [-0.4, -0.2) is 23.9 Å². The molecular weight excluding hydrogens is 394 g/mol. The molecule has 154 valence electrons. The Kier molecular flexibility index (Phi) is 5.75. The molecule has 7 nitrogen and oxygen atoms in total. The van der Waals surface area contributed by atoms with Gasteiger partial charge in [0.05, 0.1) is 18.4 Å². The van der Waals surface area contributed by atoms with Crippen molar-refractivity contribution in [2.24, 2.45) is 0 Å². The van der Waals surface area contributed by atoms with Crippen LogP contribution >= 0.6 is 0 Å². The molecule has 31 heavy (non-hydrogen) atoms. The van der Waals surface area contributed by atoms with Crippen LogP contribution in [0.1, 0.15) is 16.2 Å². The molecule has 0 aliphatic carbocycles. The number of hydrogen-bond acceptors (Lipinski definition) is 5. The number of nitrogens with one attached hydrogen (secondary N) is 2. The van der Waals surface area contributed by atoms with Gasteiger partial charge in [0.2, 0.25) is 11.8 Å². The van der Waals surface area contributed by atoms with Crippen molar-refractivity contribution in [3.05, 3.63) is 90.3 Å². The molecule has 0 atom stereocenters. The zero-order valence-corrected chi connectivity index (χ0v) is 16.7. The first-order valence-corrected chi connectivity index (χ1v) is 9.51. The lowest BCUT2D eigenvalue weighted by molar-refractivity contribution is -0.111. The second-order valence-electron chi connectivity index (χ2n) is 6.57. The topological polar surface area (TPSA) is 93.5 Å². The van der Waals surface area contributed by atoms with Crippen LogP contribution in [0.3, 0.4) is 0 Å². The molecular formula is C24H19N3O4. The van der Waals surface area contributed by atoms with Gasteiger partial charge < -0.3 is 19.8 Å². The number of amides is 2. The molecule has 0 radical (unpaired) electrons. The van der Waals surface area contributed by atoms with E-state index in [1.54, 1.807) is 61.7 Å². The molecule has 7 heteroatoms. The van der Waals surface area contributed by atoms with Crippen LogP contribution in [0.5, 0.6) is 5.75 Å². The Labute approximate surface area is 178 Å². The Morgan fingerprint density at radius 3 is 2.61 bits per heavy atom. The van der Waals surface area contributed by atoms with E-state index in [0.717, 1.165) is 0 Å². The second kappa shape index (κ2) is 8.96. The Morgan fingerprint density at radius 2 is 1.77 bits per heavy atom. The fourth-order valence-corrected chi connectivity index (χ4v) is 2.97. The number of hydrogen-bond donors (Lipinski definition) is 2. The molecule has 1 aromatic heterocycles. The van der Waals surface area contributed by atoms with E-state index in [-0.39, 0.29) is 5.91 Å². The van der Waals surface area contributed by atoms with Gasteiger partial charge in [-0.15, -0.1) is 0 Å². The van der Waals surface area contributed by atoms with Crippen molar-refractivity contribution >= 4 is 40.4 Å². The number of aromatic nitrogens is 1. The smallest absolute Gasteiger partial charge is 0.257 e. The number of methoxy groups -OCH3 is 1. The van der Waals surface area contributed by atoms with Crippen molar-refractivity contribution in [3.8, 4) is 5.75 Å². The molecule has 3 aromatic carbocycles. The molecule has 0 bridgehead atoms. The summed E-state index contributed by atoms with van der Waals surface area (Å²) in [4.78, 5) is 29.4. The van der Waals surface area contributed by atoms with Gasteiger partial charge in [0.15, 0.2) is 5.58 Å². The largest absolute Gasteiger partial charge is 0.497 e. The van der Waals surface area contributed by atoms with E-state index in [1.165, 1.54) is 12.2 Å². The van der Waals surface area contributed by atoms with Crippen LogP contribution in [0.25, 0.3) is 17.2 Å². The Hall–Kier alpha value is -4.39. The monoisotopic (exact) mass is 413 g/mol. The average molecular weight is 413 g/mol. The Bertz CT molecular complexity index is 1240. The van der Waals surface area contributed by atoms with E-state index in [4.69, 9.17) is 9.15 Å². The number of ether oxygens (including phenoxy) is 1. The van der Waals surface area contributed by atoms with Gasteiger partial charge in [0, 0.05) is 23.9 Å². The molecule has 0 spiro atoms. The second-order valence-corrected chi connectivity index (χ2v) is 6.57. The first kappa shape index (κ1) is 19.9. The first-order chi connectivity index (χ1) is 15.1. The Morgan fingerprint density at radius 1 is 0.968 bits per heavy atom. The van der Waals surface area contributed by atoms with E-state index < -0.39 is 5.91 Å². The van der Waals surface area contributed by atoms with Crippen molar-refractivity contribution in [2.75, 3.05) is 17.7 Å². The van der Waals surface area contributed by atoms with Crippen LogP contribution in [0, 0.1) is 0 Å². The lowest BCUT2D eigenvalue weighted by Gasteiger charge is -2.11. The van der Waals surface area contributed by atoms with E-state index >= 15 is 0 Å². The van der Waals surface area contributed by atoms with Crippen LogP contribution in [0.2, 0.25) is 0 Å². The van der Waals surface area contributed by atoms with Crippen molar-refractivity contribution in [1.29, 1.82) is 0 Å². The maximum atomic E-state index is 12.7. The minimum Gasteiger partial charge on any atom is -0.497 e. The van der Waals surface area contributed by atoms with Crippen LogP contribution in [0.15, 0.2) is 83.3 Å². The molecule has 0 saturated heterocycles. The fourth-order valence-electron chi connectivity index (χ4n) is 2.97. The van der Waals surface area contributed by atoms with Crippen molar-refractivity contribution in [3.63, 3.8) is 0 Å². The number of oxazole rings is 1. The summed E-state index contributed by atoms with van der Waals surface area (Å²) in [7, 11) is 1.56. The minimum absolute atomic E-state index is 0.320. The molecule has 0 fully saturated rings. The highest BCUT2D eigenvalue weighted by Crippen LogP contribution is 2.21. The summed E-state index contributed by atoms with van der Waals surface area (Å²) in [6.45, 7) is 0. The maximum absolute atomic E-state index is 12.7. The van der Waals surface area contributed by atoms with Gasteiger partial charge in [0.1, 0.15) is 11.3 Å². The number of rotatable bonds is 6. The third kappa shape index (κ3) is 4.79. The molecule has 4 rings (SSSR count). The predicted molar refractivity (Wildman–Crippen MR) is 119 cm³/mol. The molecule has 2 amide bonds. The summed E-state index contributed by atoms with van der Waals surface area (Å²) in [6.07, 6.45) is 2.79. The van der Waals surface area contributed by atoms with Crippen molar-refractivity contribution in [1.82, 2.24) is 4.98 Å². The number of anilines is 2. The van der Waals surface area contributed by atoms with Gasteiger partial charge >= 0.3 is 0 Å². The summed E-state index contributed by atoms with van der Waals surface area (Å²) in [6, 6.07) is 21.1. The van der Waals surface area contributed by atoms with Crippen LogP contribution in [-0.2, 0) is 4.79 Å². The summed E-state index contributed by atoms with van der Waals surface area (Å²) in [5.41, 5.74) is 2.65. The molecule has 0 aliphatic rings. The lowest BCUT2D eigenvalue weighted by Crippen LogP contribution is -2.17. The molecule has 1 heterocycles. The molecule has 0 unspecified atom stereocenters. The molecule has 4 aromatic rings. The zero-order chi connectivity index (χ0) is 21.6. The van der Waals surface area contributed by atoms with Crippen molar-refractivity contribution in [2.45, 2.75) is 0 Å². The standard InChI is InChI=1S/C24H19N3O4/c1-30-17-8-6-7-16(15-17)25-24(29)18-9-2-3-10-19(18)26-22(28)13-14-23-27-20-11-4-5-12-21(20)31-23/h2-15H,1H3,(H,25,29)(H,26,28)/b14-13+. The third-order valence-corrected chi connectivity index (χ3v) is 4.44. The summed E-state index contributed by atoms with van der Waals surface area (Å²) >= 11 is 0. The van der Waals surface area contributed by atoms with E-state index in [0.29, 0.717) is 39.7 Å². The van der Waals surface area contributed by atoms with Gasteiger partial charge in [-0.1, -0.05) is 30.3 Å². The molecule has 2 N–H and O–H groups in total. The number of benzene rings is 3. The summed E-state index contributed by atoms with van der Waals surface area (Å²) in [5, 5.41) is 5.53. The Balaban J connectivity index is 1.47. The van der Waals surface area contributed by atoms with Gasteiger partial charge in [0.25, 0.3) is 5.91 Å². The maximum Gasteiger partial charge on any atom is 0.257 e. The van der Waals surface area contributed by atoms with Gasteiger partial charge in [-0.2, -0.15) is 0 Å². The highest BCUT2D eigenvalue weighted by molar-refractivity contribution is 6.11. The highest BCUT2D eigenvalue weighted by atomic mass is 16.5. The number of carbonyl (C=O) groups excluding carboxylic acids is 2. The summed E-state index contributed by atoms with van der Waals surface area (Å²) in [5.74, 6) is 0.181. The third-order valence-electron chi connectivity index (χ3n) is 4.44. The number of carbonyl (C=O) groups is 2. The molecule has 0 saturated carbocycles. The van der Waals surface area contributed by atoms with Crippen LogP contribution in [0.4, 0.5) is 11.4 Å². The van der Waals surface area contributed by atoms with Gasteiger partial charge in [-0.25, -0.2) is 4.98 Å². The van der Waals surface area contributed by atoms with E-state index in [2.05, 4.69) is 15.6 Å². The van der Waals surface area contributed by atoms with Gasteiger partial charge in [-0.3, -0.25) is 9.59 Å². The quantitative estimate of drug-likeness (QED) is 0.445. The zero-order valence-electron chi connectivity index (χ0n) is 16.7. The minimum atomic E-state index is -0.413. The normalized spacial score (nSPS) is 10.9. The predicted octanol–water partition coefficient (Wildman–Crippen LogP) is 4.74.